The second-order valence-corrected chi connectivity index (χ2v) is 6.78. The number of nitrogens with one attached hydrogen (secondary N) is 1. The minimum absolute atomic E-state index is 0.0181. The standard InChI is InChI=1S/C22H18ClN3O/c23-18-5-3-4-16(14-18)7-12-22(27)24-19-10-8-17(9-11-19)20-15-26-13-2-1-6-21(26)25-20/h1-6,8-11,13-15H,7,12H2,(H,24,27). The number of carbonyl (C=O) groups excluding carboxylic acids is 1. The lowest BCUT2D eigenvalue weighted by Gasteiger charge is -2.06. The number of carbonyl (C=O) groups is 1. The zero-order valence-electron chi connectivity index (χ0n) is 14.6. The molecule has 0 radical (unpaired) electrons. The number of benzene rings is 2. The van der Waals surface area contributed by atoms with Crippen molar-refractivity contribution in [2.45, 2.75) is 12.8 Å². The monoisotopic (exact) mass is 375 g/mol. The van der Waals surface area contributed by atoms with E-state index < -0.39 is 0 Å². The zero-order valence-corrected chi connectivity index (χ0v) is 15.4. The number of amides is 1. The van der Waals surface area contributed by atoms with Crippen molar-refractivity contribution in [3.05, 3.63) is 89.7 Å². The van der Waals surface area contributed by atoms with Crippen molar-refractivity contribution in [1.82, 2.24) is 9.38 Å². The van der Waals surface area contributed by atoms with Crippen LogP contribution in [-0.2, 0) is 11.2 Å². The maximum Gasteiger partial charge on any atom is 0.224 e. The van der Waals surface area contributed by atoms with Crippen molar-refractivity contribution >= 4 is 28.8 Å². The van der Waals surface area contributed by atoms with Gasteiger partial charge in [-0.3, -0.25) is 4.79 Å². The van der Waals surface area contributed by atoms with Gasteiger partial charge in [-0.2, -0.15) is 0 Å². The highest BCUT2D eigenvalue weighted by molar-refractivity contribution is 6.30. The summed E-state index contributed by atoms with van der Waals surface area (Å²) in [6, 6.07) is 21.2. The van der Waals surface area contributed by atoms with Crippen molar-refractivity contribution in [1.29, 1.82) is 0 Å². The summed E-state index contributed by atoms with van der Waals surface area (Å²) < 4.78 is 1.99. The van der Waals surface area contributed by atoms with Crippen molar-refractivity contribution in [3.8, 4) is 11.3 Å². The molecule has 0 aliphatic heterocycles. The Morgan fingerprint density at radius 1 is 1.04 bits per heavy atom. The van der Waals surface area contributed by atoms with Gasteiger partial charge >= 0.3 is 0 Å². The van der Waals surface area contributed by atoms with Gasteiger partial charge < -0.3 is 9.72 Å². The van der Waals surface area contributed by atoms with E-state index in [2.05, 4.69) is 10.3 Å². The molecule has 2 heterocycles. The normalized spacial score (nSPS) is 10.9. The number of nitrogens with zero attached hydrogens (tertiary/aromatic N) is 2. The number of fused-ring (bicyclic) bond motifs is 1. The van der Waals surface area contributed by atoms with Gasteiger partial charge in [0.1, 0.15) is 5.65 Å². The summed E-state index contributed by atoms with van der Waals surface area (Å²) in [5.74, 6) is -0.0181. The molecule has 0 bridgehead atoms. The second kappa shape index (κ2) is 7.64. The maximum absolute atomic E-state index is 12.2. The van der Waals surface area contributed by atoms with Crippen LogP contribution in [0.2, 0.25) is 5.02 Å². The summed E-state index contributed by atoms with van der Waals surface area (Å²) in [7, 11) is 0. The first kappa shape index (κ1) is 17.3. The number of halogens is 1. The van der Waals surface area contributed by atoms with Crippen LogP contribution in [0.25, 0.3) is 16.9 Å². The fraction of sp³-hybridized carbons (Fsp3) is 0.0909. The molecule has 0 aliphatic rings. The van der Waals surface area contributed by atoms with E-state index in [0.29, 0.717) is 17.9 Å². The van der Waals surface area contributed by atoms with Gasteiger partial charge in [0.2, 0.25) is 5.91 Å². The third-order valence-electron chi connectivity index (χ3n) is 4.36. The molecule has 27 heavy (non-hydrogen) atoms. The Hall–Kier alpha value is -3.11. The predicted molar refractivity (Wildman–Crippen MR) is 109 cm³/mol. The molecule has 2 aromatic carbocycles. The molecule has 4 aromatic rings. The molecule has 134 valence electrons. The van der Waals surface area contributed by atoms with Crippen LogP contribution in [0.1, 0.15) is 12.0 Å². The number of aromatic nitrogens is 2. The van der Waals surface area contributed by atoms with E-state index >= 15 is 0 Å². The molecule has 5 heteroatoms. The number of hydrogen-bond donors (Lipinski definition) is 1. The highest BCUT2D eigenvalue weighted by atomic mass is 35.5. The highest BCUT2D eigenvalue weighted by Gasteiger charge is 2.06. The van der Waals surface area contributed by atoms with E-state index in [4.69, 9.17) is 11.6 Å². The van der Waals surface area contributed by atoms with Crippen LogP contribution in [0, 0.1) is 0 Å². The van der Waals surface area contributed by atoms with Crippen molar-refractivity contribution in [2.75, 3.05) is 5.32 Å². The molecule has 4 rings (SSSR count). The Balaban J connectivity index is 1.39. The van der Waals surface area contributed by atoms with Crippen LogP contribution >= 0.6 is 11.6 Å². The van der Waals surface area contributed by atoms with E-state index in [9.17, 15) is 4.79 Å². The lowest BCUT2D eigenvalue weighted by molar-refractivity contribution is -0.116. The fourth-order valence-electron chi connectivity index (χ4n) is 2.97. The Morgan fingerprint density at radius 2 is 1.89 bits per heavy atom. The molecule has 0 atom stereocenters. The first-order valence-corrected chi connectivity index (χ1v) is 9.14. The van der Waals surface area contributed by atoms with Crippen LogP contribution in [0.15, 0.2) is 79.1 Å². The molecule has 0 unspecified atom stereocenters. The molecule has 0 spiro atoms. The Bertz CT molecular complexity index is 1050. The number of anilines is 1. The van der Waals surface area contributed by atoms with Gasteiger partial charge in [0.05, 0.1) is 5.69 Å². The number of rotatable bonds is 5. The highest BCUT2D eigenvalue weighted by Crippen LogP contribution is 2.21. The molecular weight excluding hydrogens is 358 g/mol. The largest absolute Gasteiger partial charge is 0.326 e. The fourth-order valence-corrected chi connectivity index (χ4v) is 3.18. The topological polar surface area (TPSA) is 46.4 Å². The van der Waals surface area contributed by atoms with E-state index in [-0.39, 0.29) is 5.91 Å². The quantitative estimate of drug-likeness (QED) is 0.519. The van der Waals surface area contributed by atoms with Crippen molar-refractivity contribution < 1.29 is 4.79 Å². The Morgan fingerprint density at radius 3 is 2.67 bits per heavy atom. The van der Waals surface area contributed by atoms with Crippen LogP contribution in [0.4, 0.5) is 5.69 Å². The predicted octanol–water partition coefficient (Wildman–Crippen LogP) is 5.23. The van der Waals surface area contributed by atoms with Gasteiger partial charge in [0.15, 0.2) is 0 Å². The third kappa shape index (κ3) is 4.18. The van der Waals surface area contributed by atoms with Gasteiger partial charge in [0, 0.05) is 35.1 Å². The van der Waals surface area contributed by atoms with Crippen LogP contribution in [0.3, 0.4) is 0 Å². The molecule has 2 aromatic heterocycles. The molecule has 1 N–H and O–H groups in total. The smallest absolute Gasteiger partial charge is 0.224 e. The van der Waals surface area contributed by atoms with E-state index in [1.807, 2.05) is 83.5 Å². The summed E-state index contributed by atoms with van der Waals surface area (Å²) in [6.07, 6.45) is 5.04. The van der Waals surface area contributed by atoms with Gasteiger partial charge in [-0.05, 0) is 48.4 Å². The summed E-state index contributed by atoms with van der Waals surface area (Å²) in [6.45, 7) is 0. The molecule has 0 saturated carbocycles. The van der Waals surface area contributed by atoms with Crippen LogP contribution in [0.5, 0.6) is 0 Å². The zero-order chi connectivity index (χ0) is 18.6. The number of hydrogen-bond acceptors (Lipinski definition) is 2. The molecular formula is C22H18ClN3O. The number of aryl methyl sites for hydroxylation is 1. The van der Waals surface area contributed by atoms with Gasteiger partial charge in [-0.25, -0.2) is 4.98 Å². The molecule has 0 fully saturated rings. The van der Waals surface area contributed by atoms with Gasteiger partial charge in [-0.1, -0.05) is 41.9 Å². The van der Waals surface area contributed by atoms with Crippen molar-refractivity contribution in [2.24, 2.45) is 0 Å². The Kier molecular flexibility index (Phi) is 4.90. The summed E-state index contributed by atoms with van der Waals surface area (Å²) >= 11 is 5.97. The van der Waals surface area contributed by atoms with Crippen LogP contribution in [-0.4, -0.2) is 15.3 Å². The van der Waals surface area contributed by atoms with Gasteiger partial charge in [0.25, 0.3) is 0 Å². The molecule has 4 nitrogen and oxygen atoms in total. The summed E-state index contributed by atoms with van der Waals surface area (Å²) in [5, 5.41) is 3.62. The SMILES string of the molecule is O=C(CCc1cccc(Cl)c1)Nc1ccc(-c2cn3ccccc3n2)cc1. The van der Waals surface area contributed by atoms with E-state index in [1.54, 1.807) is 0 Å². The van der Waals surface area contributed by atoms with Crippen LogP contribution < -0.4 is 5.32 Å². The number of imidazole rings is 1. The molecule has 0 aliphatic carbocycles. The third-order valence-corrected chi connectivity index (χ3v) is 4.59. The average molecular weight is 376 g/mol. The second-order valence-electron chi connectivity index (χ2n) is 6.35. The number of pyridine rings is 1. The first-order chi connectivity index (χ1) is 13.2. The minimum Gasteiger partial charge on any atom is -0.326 e. The minimum atomic E-state index is -0.0181. The lowest BCUT2D eigenvalue weighted by Crippen LogP contribution is -2.12. The van der Waals surface area contributed by atoms with Crippen molar-refractivity contribution in [3.63, 3.8) is 0 Å². The lowest BCUT2D eigenvalue weighted by atomic mass is 10.1. The van der Waals surface area contributed by atoms with Gasteiger partial charge in [-0.15, -0.1) is 0 Å². The average Bonchev–Trinajstić information content (AvgIpc) is 3.11. The molecule has 0 saturated heterocycles. The first-order valence-electron chi connectivity index (χ1n) is 8.76. The summed E-state index contributed by atoms with van der Waals surface area (Å²) in [5.41, 5.74) is 4.65. The van der Waals surface area contributed by atoms with E-state index in [0.717, 1.165) is 28.2 Å². The molecule has 1 amide bonds. The van der Waals surface area contributed by atoms with E-state index in [1.165, 1.54) is 0 Å². The summed E-state index contributed by atoms with van der Waals surface area (Å²) in [4.78, 5) is 16.8. The Labute approximate surface area is 162 Å². The maximum atomic E-state index is 12.2.